The third-order valence-corrected chi connectivity index (χ3v) is 5.31. The summed E-state index contributed by atoms with van der Waals surface area (Å²) in [5.41, 5.74) is 0.0169. The molecule has 7 nitrogen and oxygen atoms in total. The molecule has 0 radical (unpaired) electrons. The number of amides is 3. The topological polar surface area (TPSA) is 70.7 Å². The number of aromatic nitrogens is 1. The van der Waals surface area contributed by atoms with Crippen LogP contribution in [0.15, 0.2) is 65.4 Å². The van der Waals surface area contributed by atoms with Crippen LogP contribution in [0.5, 0.6) is 0 Å². The number of urea groups is 1. The summed E-state index contributed by atoms with van der Waals surface area (Å²) in [4.78, 5) is 29.0. The lowest BCUT2D eigenvalue weighted by atomic mass is 10.2. The van der Waals surface area contributed by atoms with E-state index in [4.69, 9.17) is 4.42 Å². The molecule has 0 saturated carbocycles. The minimum absolute atomic E-state index is 0.00539. The molecule has 3 aromatic rings. The molecule has 0 bridgehead atoms. The molecule has 2 heterocycles. The van der Waals surface area contributed by atoms with E-state index in [-0.39, 0.29) is 30.7 Å². The van der Waals surface area contributed by atoms with Crippen molar-refractivity contribution < 1.29 is 27.2 Å². The molecular formula is C24H27F3N4O3. The highest BCUT2D eigenvalue weighted by Crippen LogP contribution is 2.30. The Kier molecular flexibility index (Phi) is 7.70. The van der Waals surface area contributed by atoms with Gasteiger partial charge in [0, 0.05) is 30.7 Å². The van der Waals surface area contributed by atoms with Gasteiger partial charge in [-0.15, -0.1) is 0 Å². The molecule has 0 unspecified atom stereocenters. The molecular weight excluding hydrogens is 449 g/mol. The van der Waals surface area contributed by atoms with Crippen LogP contribution in [0.3, 0.4) is 0 Å². The van der Waals surface area contributed by atoms with Gasteiger partial charge in [0.15, 0.2) is 0 Å². The predicted molar refractivity (Wildman–Crippen MR) is 121 cm³/mol. The van der Waals surface area contributed by atoms with Gasteiger partial charge in [-0.1, -0.05) is 6.07 Å². The zero-order chi connectivity index (χ0) is 24.9. The fourth-order valence-corrected chi connectivity index (χ4v) is 3.38. The van der Waals surface area contributed by atoms with Crippen LogP contribution in [0.1, 0.15) is 30.9 Å². The van der Waals surface area contributed by atoms with Gasteiger partial charge < -0.3 is 24.1 Å². The summed E-state index contributed by atoms with van der Waals surface area (Å²) in [6, 6.07) is 10.6. The second-order valence-corrected chi connectivity index (χ2v) is 8.17. The average Bonchev–Trinajstić information content (AvgIpc) is 3.42. The van der Waals surface area contributed by atoms with Crippen molar-refractivity contribution in [2.75, 3.05) is 11.9 Å². The number of aryl methyl sites for hydroxylation is 1. The molecule has 0 fully saturated rings. The van der Waals surface area contributed by atoms with E-state index in [1.54, 1.807) is 30.9 Å². The summed E-state index contributed by atoms with van der Waals surface area (Å²) >= 11 is 0. The summed E-state index contributed by atoms with van der Waals surface area (Å²) in [6.45, 7) is 3.70. The molecule has 3 rings (SSSR count). The standard InChI is InChI=1S/C24H27F3N4O3/c1-17(2)31(23(33)28-19-8-4-7-18(13-19)24(25,26)27)16-22(32)30(15-21-10-6-12-34-21)14-20-9-5-11-29(20)3/h4-13,17H,14-16H2,1-3H3,(H,28,33). The Bertz CT molecular complexity index is 1110. The van der Waals surface area contributed by atoms with Gasteiger partial charge >= 0.3 is 12.2 Å². The van der Waals surface area contributed by atoms with Gasteiger partial charge in [0.25, 0.3) is 0 Å². The molecule has 3 amide bonds. The predicted octanol–water partition coefficient (Wildman–Crippen LogP) is 5.11. The molecule has 182 valence electrons. The molecule has 0 atom stereocenters. The maximum absolute atomic E-state index is 13.3. The molecule has 0 spiro atoms. The van der Waals surface area contributed by atoms with E-state index in [0.717, 1.165) is 17.8 Å². The molecule has 0 aliphatic rings. The van der Waals surface area contributed by atoms with E-state index in [2.05, 4.69) is 5.32 Å². The number of nitrogens with zero attached hydrogens (tertiary/aromatic N) is 3. The largest absolute Gasteiger partial charge is 0.467 e. The van der Waals surface area contributed by atoms with E-state index in [0.29, 0.717) is 12.3 Å². The second kappa shape index (κ2) is 10.5. The first-order valence-electron chi connectivity index (χ1n) is 10.7. The number of furan rings is 1. The second-order valence-electron chi connectivity index (χ2n) is 8.17. The van der Waals surface area contributed by atoms with Gasteiger partial charge in [-0.2, -0.15) is 13.2 Å². The summed E-state index contributed by atoms with van der Waals surface area (Å²) in [7, 11) is 1.87. The lowest BCUT2D eigenvalue weighted by molar-refractivity contribution is -0.137. The number of halogens is 3. The van der Waals surface area contributed by atoms with Gasteiger partial charge in [-0.05, 0) is 56.3 Å². The maximum Gasteiger partial charge on any atom is 0.416 e. The first-order valence-corrected chi connectivity index (χ1v) is 10.7. The van der Waals surface area contributed by atoms with E-state index in [1.807, 2.05) is 29.9 Å². The number of carbonyl (C=O) groups excluding carboxylic acids is 2. The number of carbonyl (C=O) groups is 2. The van der Waals surface area contributed by atoms with E-state index in [1.165, 1.54) is 23.3 Å². The molecule has 34 heavy (non-hydrogen) atoms. The van der Waals surface area contributed by atoms with E-state index >= 15 is 0 Å². The summed E-state index contributed by atoms with van der Waals surface area (Å²) in [5.74, 6) is 0.262. The molecule has 1 N–H and O–H groups in total. The molecule has 0 saturated heterocycles. The highest BCUT2D eigenvalue weighted by molar-refractivity contribution is 5.92. The van der Waals surface area contributed by atoms with Crippen LogP contribution in [0.25, 0.3) is 0 Å². The Hall–Kier alpha value is -3.69. The van der Waals surface area contributed by atoms with Crippen molar-refractivity contribution in [1.82, 2.24) is 14.4 Å². The minimum atomic E-state index is -4.53. The Morgan fingerprint density at radius 3 is 2.44 bits per heavy atom. The highest BCUT2D eigenvalue weighted by atomic mass is 19.4. The zero-order valence-electron chi connectivity index (χ0n) is 19.2. The van der Waals surface area contributed by atoms with Gasteiger partial charge in [0.05, 0.1) is 24.9 Å². The van der Waals surface area contributed by atoms with Crippen molar-refractivity contribution in [3.8, 4) is 0 Å². The molecule has 2 aromatic heterocycles. The Labute approximate surface area is 195 Å². The third kappa shape index (κ3) is 6.43. The number of alkyl halides is 3. The van der Waals surface area contributed by atoms with Gasteiger partial charge in [0.2, 0.25) is 5.91 Å². The Morgan fingerprint density at radius 1 is 1.09 bits per heavy atom. The van der Waals surface area contributed by atoms with Crippen molar-refractivity contribution >= 4 is 17.6 Å². The number of hydrogen-bond donors (Lipinski definition) is 1. The van der Waals surface area contributed by atoms with Crippen molar-refractivity contribution in [3.63, 3.8) is 0 Å². The average molecular weight is 476 g/mol. The number of anilines is 1. The first-order chi connectivity index (χ1) is 16.0. The van der Waals surface area contributed by atoms with Crippen molar-refractivity contribution in [3.05, 3.63) is 78.0 Å². The fraction of sp³-hybridized carbons (Fsp3) is 0.333. The number of hydrogen-bond acceptors (Lipinski definition) is 3. The van der Waals surface area contributed by atoms with Crippen LogP contribution < -0.4 is 5.32 Å². The number of benzene rings is 1. The van der Waals surface area contributed by atoms with E-state index < -0.39 is 17.8 Å². The van der Waals surface area contributed by atoms with Crippen LogP contribution >= 0.6 is 0 Å². The SMILES string of the molecule is CC(C)N(CC(=O)N(Cc1ccco1)Cc1cccn1C)C(=O)Nc1cccc(C(F)(F)F)c1. The van der Waals surface area contributed by atoms with Gasteiger partial charge in [-0.3, -0.25) is 4.79 Å². The van der Waals surface area contributed by atoms with Crippen LogP contribution in [0, 0.1) is 0 Å². The van der Waals surface area contributed by atoms with Gasteiger partial charge in [0.1, 0.15) is 12.3 Å². The van der Waals surface area contributed by atoms with Crippen LogP contribution in [0.2, 0.25) is 0 Å². The fourth-order valence-electron chi connectivity index (χ4n) is 3.38. The number of rotatable bonds is 8. The quantitative estimate of drug-likeness (QED) is 0.491. The molecule has 0 aliphatic carbocycles. The smallest absolute Gasteiger partial charge is 0.416 e. The summed E-state index contributed by atoms with van der Waals surface area (Å²) in [5, 5.41) is 2.47. The van der Waals surface area contributed by atoms with Gasteiger partial charge in [-0.25, -0.2) is 4.79 Å². The molecule has 1 aromatic carbocycles. The highest BCUT2D eigenvalue weighted by Gasteiger charge is 2.31. The van der Waals surface area contributed by atoms with Crippen LogP contribution in [-0.2, 0) is 31.1 Å². The minimum Gasteiger partial charge on any atom is -0.467 e. The van der Waals surface area contributed by atoms with Crippen molar-refractivity contribution in [1.29, 1.82) is 0 Å². The summed E-state index contributed by atoms with van der Waals surface area (Å²) in [6.07, 6.45) is -1.14. The first kappa shape index (κ1) is 24.9. The maximum atomic E-state index is 13.3. The monoisotopic (exact) mass is 476 g/mol. The van der Waals surface area contributed by atoms with E-state index in [9.17, 15) is 22.8 Å². The van der Waals surface area contributed by atoms with Crippen molar-refractivity contribution in [2.45, 2.75) is 39.2 Å². The van der Waals surface area contributed by atoms with Crippen LogP contribution in [0.4, 0.5) is 23.7 Å². The Balaban J connectivity index is 1.75. The lowest BCUT2D eigenvalue weighted by Gasteiger charge is -2.30. The zero-order valence-corrected chi connectivity index (χ0v) is 19.2. The Morgan fingerprint density at radius 2 is 1.85 bits per heavy atom. The number of nitrogens with one attached hydrogen (secondary N) is 1. The lowest BCUT2D eigenvalue weighted by Crippen LogP contribution is -2.47. The normalized spacial score (nSPS) is 11.5. The molecule has 10 heteroatoms. The third-order valence-electron chi connectivity index (χ3n) is 5.31. The van der Waals surface area contributed by atoms with Crippen LogP contribution in [-0.4, -0.2) is 38.9 Å². The molecule has 0 aliphatic heterocycles. The van der Waals surface area contributed by atoms with Crippen molar-refractivity contribution in [2.24, 2.45) is 7.05 Å². The summed E-state index contributed by atoms with van der Waals surface area (Å²) < 4.78 is 46.3.